The lowest BCUT2D eigenvalue weighted by Crippen LogP contribution is -2.47. The van der Waals surface area contributed by atoms with E-state index in [0.29, 0.717) is 94.1 Å². The number of thiazole rings is 2. The van der Waals surface area contributed by atoms with Gasteiger partial charge in [-0.15, -0.1) is 32.9 Å². The molecule has 125 heavy (non-hydrogen) atoms. The second-order valence-electron chi connectivity index (χ2n) is 29.2. The topological polar surface area (TPSA) is 461 Å². The number of primary sulfonamides is 1. The fourth-order valence-corrected chi connectivity index (χ4v) is 18.2. The summed E-state index contributed by atoms with van der Waals surface area (Å²) in [6.07, 6.45) is 0.824. The number of carbonyl (C=O) groups is 5. The van der Waals surface area contributed by atoms with Gasteiger partial charge in [0.05, 0.1) is 59.1 Å². The number of amides is 2. The standard InChI is InChI=1S/C58H60N6O14S3.C27H31FN6O8S2/c1-37(2)54(55(66)59-52(56(67)74-7)31-40-15-21-47(22-16-40)76-35-49(78-39(4)65)36-77-81(70,71)50-28-13-38(3)14-29-50)64-33-44(61-63-64)34-75-48-27-30-51-53(32-48)79-57(60-51)80(68,69)62-58(41-11-9-8-10-12-41,42-17-23-45(72-5)24-18-42)43-19-25-46(73-6)26-20-43;1-15(2)24(25(36)30-22(26(37)38)9-16-3-5-19(6-4-16)42-14-18(35)11-28)34-12-17(32-33-34)13-41-20-7-8-21-23(10-20)43-27(31-21)44(29,39)40/h8-30,32-33,37,49,52,54,62H,31,34-36H2,1-7H3,(H,59,66);3-8,10,12,15,18,22,24,35H,9,11,13-14H2,1-2H3,(H,30,36)(H,37,38)(H2,29,39,40)/t49?,52-,54-;18?,22-,24-/m00/s1. The monoisotopic (exact) mass is 1810 g/mol. The number of carboxylic acids is 1. The maximum atomic E-state index is 14.7. The van der Waals surface area contributed by atoms with E-state index in [-0.39, 0.29) is 64.7 Å². The second-order valence-corrected chi connectivity index (χ2v) is 36.4. The molecular formula is C85H91FN12O22S5. The van der Waals surface area contributed by atoms with Crippen molar-refractivity contribution in [2.75, 3.05) is 47.8 Å². The Bertz CT molecular complexity index is 6020. The van der Waals surface area contributed by atoms with Gasteiger partial charge in [-0.05, 0) is 144 Å². The maximum Gasteiger partial charge on any atom is 0.328 e. The highest BCUT2D eigenvalue weighted by atomic mass is 32.3. The molecule has 0 aliphatic carbocycles. The van der Waals surface area contributed by atoms with Crippen LogP contribution in [0.15, 0.2) is 214 Å². The van der Waals surface area contributed by atoms with Crippen molar-refractivity contribution in [3.63, 3.8) is 0 Å². The third-order valence-electron chi connectivity index (χ3n) is 19.2. The quantitative estimate of drug-likeness (QED) is 0.0118. The van der Waals surface area contributed by atoms with Crippen molar-refractivity contribution in [2.45, 2.75) is 123 Å². The molecule has 0 saturated carbocycles. The molecule has 4 aromatic heterocycles. The second kappa shape index (κ2) is 41.8. The Labute approximate surface area is 727 Å². The molecule has 0 aliphatic heterocycles. The number of nitrogens with one attached hydrogen (secondary N) is 3. The highest BCUT2D eigenvalue weighted by Crippen LogP contribution is 2.41. The minimum atomic E-state index is -4.35. The zero-order chi connectivity index (χ0) is 89.9. The lowest BCUT2D eigenvalue weighted by molar-refractivity contribution is -0.149. The Morgan fingerprint density at radius 3 is 1.46 bits per heavy atom. The van der Waals surface area contributed by atoms with E-state index in [9.17, 15) is 63.8 Å². The van der Waals surface area contributed by atoms with Crippen LogP contribution in [0.4, 0.5) is 4.39 Å². The number of benzene rings is 8. The van der Waals surface area contributed by atoms with Gasteiger partial charge in [-0.1, -0.05) is 135 Å². The average Bonchev–Trinajstić information content (AvgIpc) is 1.70. The number of halogens is 1. The number of ether oxygens (including phenoxy) is 8. The molecule has 2 unspecified atom stereocenters. The predicted octanol–water partition coefficient (Wildman–Crippen LogP) is 9.71. The number of carboxylic acid groups (broad SMARTS) is 1. The Balaban J connectivity index is 0.000000290. The fourth-order valence-electron chi connectivity index (χ4n) is 13.0. The SMILES string of the molecule is CC(C)[C@@H](C(=O)N[C@@H](Cc1ccc(OCC(O)CF)cc1)C(=O)O)n1cc(COc2ccc3nc(S(N)(=O)=O)sc3c2)nn1.COC(=O)[C@H](Cc1ccc(OCC(COS(=O)(=O)c2ccc(C)cc2)OC(C)=O)cc1)NC(=O)[C@H](C(C)C)n1cc(COc2ccc3nc(S(=O)(=O)NC(c4ccccc4)(c4ccc(OC)cc4)c4ccc(OC)cc4)sc3c2)nn1. The molecule has 34 nitrogen and oxygen atoms in total. The van der Waals surface area contributed by atoms with E-state index >= 15 is 0 Å². The van der Waals surface area contributed by atoms with Gasteiger partial charge in [-0.25, -0.2) is 55.3 Å². The largest absolute Gasteiger partial charge is 0.497 e. The van der Waals surface area contributed by atoms with Crippen LogP contribution in [0, 0.1) is 18.8 Å². The summed E-state index contributed by atoms with van der Waals surface area (Å²) in [7, 11) is -8.08. The molecule has 7 N–H and O–H groups in total. The lowest BCUT2D eigenvalue weighted by Gasteiger charge is -2.36. The summed E-state index contributed by atoms with van der Waals surface area (Å²) in [6.45, 7) is 8.28. The molecule has 12 rings (SSSR count). The molecule has 40 heteroatoms. The molecule has 2 amide bonds. The van der Waals surface area contributed by atoms with Crippen LogP contribution >= 0.6 is 22.7 Å². The van der Waals surface area contributed by atoms with Gasteiger partial charge in [-0.3, -0.25) is 18.6 Å². The van der Waals surface area contributed by atoms with Crippen LogP contribution in [-0.4, -0.2) is 177 Å². The van der Waals surface area contributed by atoms with Gasteiger partial charge in [0.1, 0.15) is 121 Å². The maximum absolute atomic E-state index is 14.7. The first-order valence-corrected chi connectivity index (χ1v) is 44.7. The number of aliphatic hydroxyl groups excluding tert-OH is 1. The normalized spacial score (nSPS) is 13.3. The van der Waals surface area contributed by atoms with Gasteiger partial charge in [0.25, 0.3) is 30.2 Å². The van der Waals surface area contributed by atoms with E-state index in [1.807, 2.05) is 75.4 Å². The first kappa shape index (κ1) is 93.3. The Morgan fingerprint density at radius 1 is 0.552 bits per heavy atom. The number of rotatable bonds is 41. The summed E-state index contributed by atoms with van der Waals surface area (Å²) in [5.74, 6) is -1.52. The van der Waals surface area contributed by atoms with Crippen molar-refractivity contribution >= 4 is 103 Å². The first-order chi connectivity index (χ1) is 59.6. The molecule has 6 atom stereocenters. The van der Waals surface area contributed by atoms with Crippen LogP contribution in [0.3, 0.4) is 0 Å². The molecule has 0 spiro atoms. The summed E-state index contributed by atoms with van der Waals surface area (Å²) in [5, 5.41) is 46.3. The summed E-state index contributed by atoms with van der Waals surface area (Å²) in [5.41, 5.74) is 4.26. The predicted molar refractivity (Wildman–Crippen MR) is 456 cm³/mol. The zero-order valence-corrected chi connectivity index (χ0v) is 73.0. The Kier molecular flexibility index (Phi) is 31.2. The lowest BCUT2D eigenvalue weighted by atomic mass is 9.78. The van der Waals surface area contributed by atoms with Gasteiger partial charge in [0.2, 0.25) is 20.5 Å². The van der Waals surface area contributed by atoms with Gasteiger partial charge >= 0.3 is 17.9 Å². The fraction of sp³-hybridized carbons (Fsp3) is 0.306. The van der Waals surface area contributed by atoms with Gasteiger partial charge in [-0.2, -0.15) is 13.1 Å². The van der Waals surface area contributed by atoms with E-state index in [1.165, 1.54) is 41.7 Å². The number of aromatic nitrogens is 8. The van der Waals surface area contributed by atoms with Gasteiger partial charge < -0.3 is 58.7 Å². The minimum Gasteiger partial charge on any atom is -0.497 e. The smallest absolute Gasteiger partial charge is 0.328 e. The molecule has 660 valence electrons. The molecule has 0 bridgehead atoms. The van der Waals surface area contributed by atoms with Crippen molar-refractivity contribution in [2.24, 2.45) is 17.0 Å². The summed E-state index contributed by atoms with van der Waals surface area (Å²) < 4.78 is 146. The molecule has 0 aliphatic rings. The van der Waals surface area contributed by atoms with Crippen LogP contribution in [0.25, 0.3) is 20.4 Å². The van der Waals surface area contributed by atoms with Crippen LogP contribution < -0.4 is 48.9 Å². The summed E-state index contributed by atoms with van der Waals surface area (Å²) in [6, 6.07) is 48.4. The minimum absolute atomic E-state index is 0.0109. The number of sulfonamides is 2. The third-order valence-corrected chi connectivity index (χ3v) is 25.7. The van der Waals surface area contributed by atoms with Crippen LogP contribution in [0.2, 0.25) is 0 Å². The number of alkyl halides is 1. The molecular weight excluding hydrogens is 1720 g/mol. The van der Waals surface area contributed by atoms with Gasteiger partial charge in [0, 0.05) is 19.8 Å². The van der Waals surface area contributed by atoms with Crippen LogP contribution in [-0.2, 0) is 99.4 Å². The van der Waals surface area contributed by atoms with Crippen LogP contribution in [0.1, 0.15) is 91.5 Å². The van der Waals surface area contributed by atoms with E-state index in [2.05, 4.69) is 45.9 Å². The van der Waals surface area contributed by atoms with E-state index in [1.54, 1.807) is 156 Å². The van der Waals surface area contributed by atoms with Crippen molar-refractivity contribution in [1.82, 2.24) is 55.3 Å². The highest BCUT2D eigenvalue weighted by molar-refractivity contribution is 7.92. The van der Waals surface area contributed by atoms with E-state index in [0.717, 1.165) is 28.2 Å². The number of aryl methyl sites for hydroxylation is 1. The highest BCUT2D eigenvalue weighted by Gasteiger charge is 2.43. The summed E-state index contributed by atoms with van der Waals surface area (Å²) in [4.78, 5) is 72.8. The van der Waals surface area contributed by atoms with Crippen LogP contribution in [0.5, 0.6) is 34.5 Å². The van der Waals surface area contributed by atoms with Gasteiger partial charge in [0.15, 0.2) is 6.10 Å². The average molecular weight is 1810 g/mol. The molecule has 0 radical (unpaired) electrons. The van der Waals surface area contributed by atoms with Crippen molar-refractivity contribution in [1.29, 1.82) is 0 Å². The molecule has 12 aromatic rings. The van der Waals surface area contributed by atoms with E-state index < -0.39 is 115 Å². The number of hydrogen-bond donors (Lipinski definition) is 6. The van der Waals surface area contributed by atoms with Crippen molar-refractivity contribution < 1.29 is 106 Å². The van der Waals surface area contributed by atoms with Crippen molar-refractivity contribution in [3.8, 4) is 34.5 Å². The number of nitrogens with zero attached hydrogens (tertiary/aromatic N) is 8. The third kappa shape index (κ3) is 24.6. The number of carbonyl (C=O) groups excluding carboxylic acids is 4. The van der Waals surface area contributed by atoms with E-state index in [4.69, 9.17) is 47.2 Å². The molecule has 4 heterocycles. The summed E-state index contributed by atoms with van der Waals surface area (Å²) >= 11 is 1.90. The molecule has 0 saturated heterocycles. The molecule has 8 aromatic carbocycles. The van der Waals surface area contributed by atoms with Crippen molar-refractivity contribution in [3.05, 3.63) is 245 Å². The number of aliphatic hydroxyl groups is 1. The number of fused-ring (bicyclic) bond motifs is 2. The Morgan fingerprint density at radius 2 is 1.00 bits per heavy atom. The molecule has 0 fully saturated rings. The first-order valence-electron chi connectivity index (χ1n) is 38.7. The number of aliphatic carboxylic acids is 1. The number of methoxy groups -OCH3 is 3. The number of nitrogens with two attached hydrogens (primary N) is 1. The number of hydrogen-bond acceptors (Lipinski definition) is 29. The number of esters is 2. The zero-order valence-electron chi connectivity index (χ0n) is 69.0. The Hall–Kier alpha value is -12.4.